The van der Waals surface area contributed by atoms with Crippen molar-refractivity contribution in [1.29, 1.82) is 0 Å². The Morgan fingerprint density at radius 1 is 0.313 bits per heavy atom. The van der Waals surface area contributed by atoms with E-state index in [1.54, 1.807) is 0 Å². The molecule has 0 aromatic rings. The fourth-order valence-corrected chi connectivity index (χ4v) is 7.13. The monoisotopic (exact) mass is 929 g/mol. The van der Waals surface area contributed by atoms with Crippen molar-refractivity contribution in [1.82, 2.24) is 0 Å². The van der Waals surface area contributed by atoms with Gasteiger partial charge in [0.1, 0.15) is 13.2 Å². The molecule has 0 saturated heterocycles. The zero-order valence-corrected chi connectivity index (χ0v) is 43.4. The van der Waals surface area contributed by atoms with Gasteiger partial charge in [-0.05, 0) is 116 Å². The Kier molecular flexibility index (Phi) is 51.5. The molecule has 0 N–H and O–H groups in total. The van der Waals surface area contributed by atoms with E-state index in [1.165, 1.54) is 109 Å². The molecular formula is C61H100O6. The first kappa shape index (κ1) is 63.1. The van der Waals surface area contributed by atoms with Gasteiger partial charge in [-0.25, -0.2) is 0 Å². The Hall–Kier alpha value is -3.93. The summed E-state index contributed by atoms with van der Waals surface area (Å²) in [6, 6.07) is 0. The number of esters is 3. The molecule has 6 nitrogen and oxygen atoms in total. The first-order valence-corrected chi connectivity index (χ1v) is 27.4. The van der Waals surface area contributed by atoms with Gasteiger partial charge in [0.25, 0.3) is 0 Å². The molecule has 0 aromatic heterocycles. The molecular weight excluding hydrogens is 829 g/mol. The minimum Gasteiger partial charge on any atom is -0.462 e. The van der Waals surface area contributed by atoms with Gasteiger partial charge in [0.05, 0.1) is 0 Å². The summed E-state index contributed by atoms with van der Waals surface area (Å²) in [6.45, 7) is 6.40. The molecule has 6 heteroatoms. The Labute approximate surface area is 412 Å². The van der Waals surface area contributed by atoms with Gasteiger partial charge in [0.2, 0.25) is 0 Å². The molecule has 0 fully saturated rings. The second-order valence-electron chi connectivity index (χ2n) is 17.7. The first-order valence-electron chi connectivity index (χ1n) is 27.4. The molecule has 0 heterocycles. The average Bonchev–Trinajstić information content (AvgIpc) is 3.33. The topological polar surface area (TPSA) is 78.9 Å². The molecule has 0 aliphatic carbocycles. The maximum Gasteiger partial charge on any atom is 0.306 e. The van der Waals surface area contributed by atoms with Crippen LogP contribution in [0.1, 0.15) is 239 Å². The van der Waals surface area contributed by atoms with Crippen LogP contribution >= 0.6 is 0 Å². The molecule has 0 aliphatic heterocycles. The molecule has 0 amide bonds. The number of unbranched alkanes of at least 4 members (excludes halogenated alkanes) is 19. The predicted molar refractivity (Wildman–Crippen MR) is 288 cm³/mol. The lowest BCUT2D eigenvalue weighted by molar-refractivity contribution is -0.167. The van der Waals surface area contributed by atoms with Crippen molar-refractivity contribution in [2.24, 2.45) is 0 Å². The van der Waals surface area contributed by atoms with Gasteiger partial charge in [0.15, 0.2) is 6.10 Å². The van der Waals surface area contributed by atoms with Crippen LogP contribution in [0.3, 0.4) is 0 Å². The van der Waals surface area contributed by atoms with Crippen molar-refractivity contribution in [3.8, 4) is 0 Å². The highest BCUT2D eigenvalue weighted by molar-refractivity contribution is 5.71. The normalized spacial score (nSPS) is 12.9. The number of hydrogen-bond donors (Lipinski definition) is 0. The standard InChI is InChI=1S/C61H100O6/c1-4-7-10-13-16-19-22-25-28-30-33-36-39-42-45-48-51-54-60(63)66-57-58(56-65-59(62)53-50-47-44-41-38-35-32-27-24-21-18-15-12-9-6-3)67-61(64)55-52-49-46-43-40-37-34-31-29-26-23-20-17-14-11-8-5-2/h7,10,16,19,21,24-26,28-29,33-34,36-37,42-43,45-46,58H,4-6,8-9,11-15,17-18,20,22-23,27,30-32,35,38-41,44,47-57H2,1-3H3/b10-7-,19-16-,24-21-,28-25-,29-26-,36-33-,37-34-,45-42-,46-43-. The third-order valence-corrected chi connectivity index (χ3v) is 11.2. The van der Waals surface area contributed by atoms with Crippen LogP contribution in [0.5, 0.6) is 0 Å². The van der Waals surface area contributed by atoms with Gasteiger partial charge in [-0.3, -0.25) is 14.4 Å². The van der Waals surface area contributed by atoms with Crippen LogP contribution in [0.25, 0.3) is 0 Å². The van der Waals surface area contributed by atoms with Crippen LogP contribution < -0.4 is 0 Å². The highest BCUT2D eigenvalue weighted by atomic mass is 16.6. The maximum atomic E-state index is 12.8. The molecule has 1 unspecified atom stereocenters. The van der Waals surface area contributed by atoms with E-state index >= 15 is 0 Å². The minimum absolute atomic E-state index is 0.119. The molecule has 0 bridgehead atoms. The fraction of sp³-hybridized carbons (Fsp3) is 0.656. The van der Waals surface area contributed by atoms with Gasteiger partial charge in [-0.1, -0.05) is 214 Å². The summed E-state index contributed by atoms with van der Waals surface area (Å²) in [4.78, 5) is 38.0. The molecule has 67 heavy (non-hydrogen) atoms. The molecule has 0 rings (SSSR count). The zero-order chi connectivity index (χ0) is 48.6. The molecule has 0 radical (unpaired) electrons. The van der Waals surface area contributed by atoms with Crippen molar-refractivity contribution in [3.05, 3.63) is 109 Å². The lowest BCUT2D eigenvalue weighted by Crippen LogP contribution is -2.30. The van der Waals surface area contributed by atoms with E-state index in [0.29, 0.717) is 19.3 Å². The van der Waals surface area contributed by atoms with E-state index in [2.05, 4.69) is 130 Å². The first-order chi connectivity index (χ1) is 33.0. The van der Waals surface area contributed by atoms with Crippen molar-refractivity contribution < 1.29 is 28.6 Å². The maximum absolute atomic E-state index is 12.8. The molecule has 0 aromatic carbocycles. The molecule has 0 aliphatic rings. The molecule has 0 spiro atoms. The Balaban J connectivity index is 4.57. The SMILES string of the molecule is CC/C=C\C/C=C\C/C=C\C/C=C\C/C=C\CCCC(=O)OCC(COC(=O)CCCCCCCCC/C=C\CCCCCC)OC(=O)CCC/C=C\C/C=C\C/C=C\CCCCCCCC. The van der Waals surface area contributed by atoms with Crippen LogP contribution in [0, 0.1) is 0 Å². The third kappa shape index (κ3) is 52.9. The summed E-state index contributed by atoms with van der Waals surface area (Å²) in [6.07, 6.45) is 73.7. The summed E-state index contributed by atoms with van der Waals surface area (Å²) in [5.41, 5.74) is 0. The van der Waals surface area contributed by atoms with Crippen LogP contribution in [0.2, 0.25) is 0 Å². The average molecular weight is 929 g/mol. The second-order valence-corrected chi connectivity index (χ2v) is 17.7. The third-order valence-electron chi connectivity index (χ3n) is 11.2. The summed E-state index contributed by atoms with van der Waals surface area (Å²) < 4.78 is 16.7. The fourth-order valence-electron chi connectivity index (χ4n) is 7.13. The minimum atomic E-state index is -0.831. The highest BCUT2D eigenvalue weighted by Crippen LogP contribution is 2.13. The summed E-state index contributed by atoms with van der Waals surface area (Å²) in [5, 5.41) is 0. The van der Waals surface area contributed by atoms with Crippen molar-refractivity contribution in [2.45, 2.75) is 245 Å². The Morgan fingerprint density at radius 2 is 0.597 bits per heavy atom. The molecule has 0 saturated carbocycles. The number of rotatable bonds is 48. The van der Waals surface area contributed by atoms with Crippen LogP contribution in [0.15, 0.2) is 109 Å². The lowest BCUT2D eigenvalue weighted by atomic mass is 10.1. The zero-order valence-electron chi connectivity index (χ0n) is 43.4. The van der Waals surface area contributed by atoms with Gasteiger partial charge < -0.3 is 14.2 Å². The number of carbonyl (C=O) groups is 3. The van der Waals surface area contributed by atoms with E-state index in [9.17, 15) is 14.4 Å². The smallest absolute Gasteiger partial charge is 0.306 e. The number of allylic oxidation sites excluding steroid dienone is 18. The van der Waals surface area contributed by atoms with Crippen LogP contribution in [-0.4, -0.2) is 37.2 Å². The number of ether oxygens (including phenoxy) is 3. The van der Waals surface area contributed by atoms with Crippen molar-refractivity contribution in [2.75, 3.05) is 13.2 Å². The summed E-state index contributed by atoms with van der Waals surface area (Å²) >= 11 is 0. The van der Waals surface area contributed by atoms with E-state index in [1.807, 2.05) is 0 Å². The van der Waals surface area contributed by atoms with Gasteiger partial charge in [0, 0.05) is 19.3 Å². The summed E-state index contributed by atoms with van der Waals surface area (Å²) in [7, 11) is 0. The number of hydrogen-bond acceptors (Lipinski definition) is 6. The Morgan fingerprint density at radius 3 is 1.00 bits per heavy atom. The highest BCUT2D eigenvalue weighted by Gasteiger charge is 2.19. The lowest BCUT2D eigenvalue weighted by Gasteiger charge is -2.18. The van der Waals surface area contributed by atoms with E-state index < -0.39 is 6.10 Å². The summed E-state index contributed by atoms with van der Waals surface area (Å²) in [5.74, 6) is -1.04. The van der Waals surface area contributed by atoms with E-state index in [0.717, 1.165) is 77.0 Å². The Bertz CT molecular complexity index is 1390. The van der Waals surface area contributed by atoms with Gasteiger partial charge >= 0.3 is 17.9 Å². The van der Waals surface area contributed by atoms with Crippen LogP contribution in [0.4, 0.5) is 0 Å². The largest absolute Gasteiger partial charge is 0.462 e. The van der Waals surface area contributed by atoms with E-state index in [-0.39, 0.29) is 44.0 Å². The van der Waals surface area contributed by atoms with Gasteiger partial charge in [-0.2, -0.15) is 0 Å². The second kappa shape index (κ2) is 54.7. The van der Waals surface area contributed by atoms with Crippen molar-refractivity contribution >= 4 is 17.9 Å². The van der Waals surface area contributed by atoms with Gasteiger partial charge in [-0.15, -0.1) is 0 Å². The molecule has 1 atom stereocenters. The van der Waals surface area contributed by atoms with Crippen molar-refractivity contribution in [3.63, 3.8) is 0 Å². The number of carbonyl (C=O) groups excluding carboxylic acids is 3. The van der Waals surface area contributed by atoms with Crippen LogP contribution in [-0.2, 0) is 28.6 Å². The quantitative estimate of drug-likeness (QED) is 0.0262. The van der Waals surface area contributed by atoms with E-state index in [4.69, 9.17) is 14.2 Å². The molecule has 380 valence electrons. The predicted octanol–water partition coefficient (Wildman–Crippen LogP) is 18.3.